The van der Waals surface area contributed by atoms with E-state index in [-0.39, 0.29) is 5.91 Å². The molecule has 0 bridgehead atoms. The van der Waals surface area contributed by atoms with Gasteiger partial charge in [-0.15, -0.1) is 0 Å². The van der Waals surface area contributed by atoms with Gasteiger partial charge in [0.1, 0.15) is 0 Å². The summed E-state index contributed by atoms with van der Waals surface area (Å²) >= 11 is 0. The summed E-state index contributed by atoms with van der Waals surface area (Å²) in [6.07, 6.45) is 3.40. The van der Waals surface area contributed by atoms with Gasteiger partial charge in [-0.3, -0.25) is 4.79 Å². The van der Waals surface area contributed by atoms with Gasteiger partial charge < -0.3 is 10.6 Å². The summed E-state index contributed by atoms with van der Waals surface area (Å²) in [5.41, 5.74) is 9.38. The van der Waals surface area contributed by atoms with Crippen LogP contribution in [0, 0.1) is 6.92 Å². The monoisotopic (exact) mass is 280 g/mol. The number of nitrogens with two attached hydrogens (primary N) is 1. The first-order valence-corrected chi connectivity index (χ1v) is 7.02. The minimum atomic E-state index is -0.0278. The number of carbonyl (C=O) groups is 1. The van der Waals surface area contributed by atoms with Gasteiger partial charge in [-0.2, -0.15) is 0 Å². The van der Waals surface area contributed by atoms with E-state index in [0.717, 1.165) is 16.8 Å². The van der Waals surface area contributed by atoms with E-state index in [4.69, 9.17) is 5.73 Å². The van der Waals surface area contributed by atoms with E-state index in [1.54, 1.807) is 17.1 Å². The summed E-state index contributed by atoms with van der Waals surface area (Å²) in [6.45, 7) is 4.62. The second-order valence-electron chi connectivity index (χ2n) is 4.92. The Bertz CT molecular complexity index is 645. The highest BCUT2D eigenvalue weighted by Crippen LogP contribution is 2.16. The maximum Gasteiger partial charge on any atom is 0.250 e. The highest BCUT2D eigenvalue weighted by atomic mass is 16.2. The summed E-state index contributed by atoms with van der Waals surface area (Å²) in [5, 5.41) is 0. The number of rotatable bonds is 4. The van der Waals surface area contributed by atoms with Crippen molar-refractivity contribution in [3.63, 3.8) is 0 Å². The second kappa shape index (κ2) is 6.75. The molecular formula is C18H20N2O. The first-order valence-electron chi connectivity index (χ1n) is 7.02. The highest BCUT2D eigenvalue weighted by Gasteiger charge is 2.10. The standard InChI is InChI=1S/C18H20N2O/c1-3-20(17-6-4-5-14(2)13-17)18(21)12-9-15-7-10-16(19)11-8-15/h4-13H,3,19H2,1-2H3/b12-9+. The number of hydrogen-bond acceptors (Lipinski definition) is 2. The molecule has 0 atom stereocenters. The molecule has 3 heteroatoms. The quantitative estimate of drug-likeness (QED) is 0.686. The molecule has 21 heavy (non-hydrogen) atoms. The van der Waals surface area contributed by atoms with Gasteiger partial charge in [0, 0.05) is 24.0 Å². The minimum Gasteiger partial charge on any atom is -0.399 e. The predicted octanol–water partition coefficient (Wildman–Crippen LogP) is 3.64. The van der Waals surface area contributed by atoms with Crippen LogP contribution in [0.5, 0.6) is 0 Å². The minimum absolute atomic E-state index is 0.0278. The Hall–Kier alpha value is -2.55. The molecule has 0 saturated heterocycles. The van der Waals surface area contributed by atoms with Crippen LogP contribution in [0.3, 0.4) is 0 Å². The third kappa shape index (κ3) is 3.96. The number of nitrogens with zero attached hydrogens (tertiary/aromatic N) is 1. The number of benzene rings is 2. The summed E-state index contributed by atoms with van der Waals surface area (Å²) in [5.74, 6) is -0.0278. The summed E-state index contributed by atoms with van der Waals surface area (Å²) in [6, 6.07) is 15.4. The molecule has 0 fully saturated rings. The van der Waals surface area contributed by atoms with E-state index in [1.807, 2.05) is 62.4 Å². The molecule has 2 aromatic carbocycles. The number of likely N-dealkylation sites (N-methyl/N-ethyl adjacent to an activating group) is 1. The molecule has 0 spiro atoms. The average molecular weight is 280 g/mol. The van der Waals surface area contributed by atoms with E-state index < -0.39 is 0 Å². The maximum absolute atomic E-state index is 12.3. The lowest BCUT2D eigenvalue weighted by atomic mass is 10.2. The topological polar surface area (TPSA) is 46.3 Å². The van der Waals surface area contributed by atoms with Crippen LogP contribution >= 0.6 is 0 Å². The van der Waals surface area contributed by atoms with Crippen molar-refractivity contribution in [2.75, 3.05) is 17.2 Å². The van der Waals surface area contributed by atoms with Crippen LogP contribution in [0.2, 0.25) is 0 Å². The van der Waals surface area contributed by atoms with Gasteiger partial charge in [0.15, 0.2) is 0 Å². The van der Waals surface area contributed by atoms with Gasteiger partial charge in [0.05, 0.1) is 0 Å². The van der Waals surface area contributed by atoms with E-state index in [2.05, 4.69) is 0 Å². The zero-order valence-electron chi connectivity index (χ0n) is 12.4. The number of amides is 1. The van der Waals surface area contributed by atoms with E-state index in [0.29, 0.717) is 12.2 Å². The first-order chi connectivity index (χ1) is 10.1. The van der Waals surface area contributed by atoms with Crippen molar-refractivity contribution in [2.24, 2.45) is 0 Å². The van der Waals surface area contributed by atoms with Gasteiger partial charge in [-0.05, 0) is 55.3 Å². The molecule has 0 radical (unpaired) electrons. The fourth-order valence-corrected chi connectivity index (χ4v) is 2.13. The summed E-state index contributed by atoms with van der Waals surface area (Å²) < 4.78 is 0. The lowest BCUT2D eigenvalue weighted by molar-refractivity contribution is -0.114. The number of carbonyl (C=O) groups excluding carboxylic acids is 1. The Balaban J connectivity index is 2.15. The van der Waals surface area contributed by atoms with Crippen LogP contribution in [-0.4, -0.2) is 12.5 Å². The van der Waals surface area contributed by atoms with Crippen molar-refractivity contribution >= 4 is 23.4 Å². The fraction of sp³-hybridized carbons (Fsp3) is 0.167. The molecule has 1 amide bonds. The summed E-state index contributed by atoms with van der Waals surface area (Å²) in [7, 11) is 0. The largest absolute Gasteiger partial charge is 0.399 e. The van der Waals surface area contributed by atoms with Gasteiger partial charge in [0.25, 0.3) is 5.91 Å². The molecular weight excluding hydrogens is 260 g/mol. The SMILES string of the molecule is CCN(C(=O)/C=C/c1ccc(N)cc1)c1cccc(C)c1. The Morgan fingerprint density at radius 3 is 2.52 bits per heavy atom. The van der Waals surface area contributed by atoms with Crippen molar-refractivity contribution in [3.05, 3.63) is 65.7 Å². The van der Waals surface area contributed by atoms with Crippen LogP contribution < -0.4 is 10.6 Å². The lowest BCUT2D eigenvalue weighted by Gasteiger charge is -2.19. The molecule has 0 aliphatic rings. The Morgan fingerprint density at radius 1 is 1.19 bits per heavy atom. The van der Waals surface area contributed by atoms with Crippen molar-refractivity contribution in [1.29, 1.82) is 0 Å². The molecule has 108 valence electrons. The molecule has 2 N–H and O–H groups in total. The van der Waals surface area contributed by atoms with E-state index in [1.165, 1.54) is 0 Å². The molecule has 0 aromatic heterocycles. The van der Waals surface area contributed by atoms with Crippen LogP contribution in [-0.2, 0) is 4.79 Å². The molecule has 2 rings (SSSR count). The van der Waals surface area contributed by atoms with Crippen molar-refractivity contribution in [1.82, 2.24) is 0 Å². The molecule has 3 nitrogen and oxygen atoms in total. The predicted molar refractivity (Wildman–Crippen MR) is 89.1 cm³/mol. The molecule has 0 aliphatic carbocycles. The second-order valence-corrected chi connectivity index (χ2v) is 4.92. The van der Waals surface area contributed by atoms with Crippen LogP contribution in [0.4, 0.5) is 11.4 Å². The number of aryl methyl sites for hydroxylation is 1. The van der Waals surface area contributed by atoms with Crippen molar-refractivity contribution in [2.45, 2.75) is 13.8 Å². The molecule has 2 aromatic rings. The lowest BCUT2D eigenvalue weighted by Crippen LogP contribution is -2.28. The third-order valence-corrected chi connectivity index (χ3v) is 3.25. The highest BCUT2D eigenvalue weighted by molar-refractivity contribution is 6.03. The molecule has 0 heterocycles. The Labute approximate surface area is 125 Å². The Kier molecular flexibility index (Phi) is 4.77. The Morgan fingerprint density at radius 2 is 1.90 bits per heavy atom. The maximum atomic E-state index is 12.3. The van der Waals surface area contributed by atoms with Crippen molar-refractivity contribution in [3.8, 4) is 0 Å². The molecule has 0 unspecified atom stereocenters. The molecule has 0 aliphatic heterocycles. The van der Waals surface area contributed by atoms with Crippen LogP contribution in [0.1, 0.15) is 18.1 Å². The fourth-order valence-electron chi connectivity index (χ4n) is 2.13. The number of anilines is 2. The van der Waals surface area contributed by atoms with Crippen LogP contribution in [0.25, 0.3) is 6.08 Å². The molecule has 0 saturated carbocycles. The smallest absolute Gasteiger partial charge is 0.250 e. The van der Waals surface area contributed by atoms with E-state index >= 15 is 0 Å². The van der Waals surface area contributed by atoms with Gasteiger partial charge >= 0.3 is 0 Å². The zero-order chi connectivity index (χ0) is 15.2. The summed E-state index contributed by atoms with van der Waals surface area (Å²) in [4.78, 5) is 14.1. The first kappa shape index (κ1) is 14.9. The third-order valence-electron chi connectivity index (χ3n) is 3.25. The van der Waals surface area contributed by atoms with E-state index in [9.17, 15) is 4.79 Å². The number of nitrogen functional groups attached to an aromatic ring is 1. The normalized spacial score (nSPS) is 10.8. The van der Waals surface area contributed by atoms with Gasteiger partial charge in [-0.25, -0.2) is 0 Å². The zero-order valence-corrected chi connectivity index (χ0v) is 12.4. The van der Waals surface area contributed by atoms with Gasteiger partial charge in [-0.1, -0.05) is 24.3 Å². The number of hydrogen-bond donors (Lipinski definition) is 1. The van der Waals surface area contributed by atoms with Crippen molar-refractivity contribution < 1.29 is 4.79 Å². The van der Waals surface area contributed by atoms with Gasteiger partial charge in [0.2, 0.25) is 0 Å². The van der Waals surface area contributed by atoms with Crippen LogP contribution in [0.15, 0.2) is 54.6 Å². The average Bonchev–Trinajstić information content (AvgIpc) is 2.47.